The summed E-state index contributed by atoms with van der Waals surface area (Å²) in [5.74, 6) is 0.273. The van der Waals surface area contributed by atoms with Crippen LogP contribution in [0.5, 0.6) is 11.5 Å². The fourth-order valence-corrected chi connectivity index (χ4v) is 1.78. The van der Waals surface area contributed by atoms with Crippen LogP contribution in [0.2, 0.25) is 0 Å². The highest BCUT2D eigenvalue weighted by Gasteiger charge is 2.10. The Morgan fingerprint density at radius 1 is 1.16 bits per heavy atom. The number of carbonyl (C=O) groups is 1. The highest BCUT2D eigenvalue weighted by Crippen LogP contribution is 2.31. The van der Waals surface area contributed by atoms with E-state index >= 15 is 0 Å². The lowest BCUT2D eigenvalue weighted by molar-refractivity contribution is -0.136. The van der Waals surface area contributed by atoms with Gasteiger partial charge in [-0.25, -0.2) is 0 Å². The third kappa shape index (κ3) is 3.04. The van der Waals surface area contributed by atoms with Crippen LogP contribution in [0.15, 0.2) is 42.5 Å². The predicted molar refractivity (Wildman–Crippen MR) is 73.4 cm³/mol. The minimum Gasteiger partial charge on any atom is -0.481 e. The Morgan fingerprint density at radius 3 is 2.53 bits per heavy atom. The summed E-state index contributed by atoms with van der Waals surface area (Å²) in [6.07, 6.45) is -0.114. The number of para-hydroxylation sites is 2. The predicted octanol–water partition coefficient (Wildman–Crippen LogP) is 3.00. The van der Waals surface area contributed by atoms with Gasteiger partial charge in [-0.15, -0.1) is 0 Å². The molecule has 0 aliphatic heterocycles. The Hall–Kier alpha value is -2.49. The molecule has 98 valence electrons. The van der Waals surface area contributed by atoms with Crippen LogP contribution in [0.4, 0.5) is 5.69 Å². The van der Waals surface area contributed by atoms with Gasteiger partial charge in [0.05, 0.1) is 12.1 Å². The van der Waals surface area contributed by atoms with E-state index in [1.165, 1.54) is 0 Å². The molecule has 0 heterocycles. The molecule has 0 bridgehead atoms. The van der Waals surface area contributed by atoms with Crippen molar-refractivity contribution in [2.75, 3.05) is 5.73 Å². The lowest BCUT2D eigenvalue weighted by Crippen LogP contribution is -2.04. The van der Waals surface area contributed by atoms with Crippen molar-refractivity contribution < 1.29 is 14.6 Å². The topological polar surface area (TPSA) is 72.5 Å². The Labute approximate surface area is 111 Å². The zero-order valence-corrected chi connectivity index (χ0v) is 10.6. The molecule has 0 saturated carbocycles. The molecule has 2 rings (SSSR count). The Morgan fingerprint density at radius 2 is 1.84 bits per heavy atom. The normalized spacial score (nSPS) is 10.2. The number of benzene rings is 2. The van der Waals surface area contributed by atoms with E-state index in [0.29, 0.717) is 22.7 Å². The molecule has 0 saturated heterocycles. The molecule has 4 nitrogen and oxygen atoms in total. The largest absolute Gasteiger partial charge is 0.481 e. The molecule has 0 fully saturated rings. The SMILES string of the molecule is Cc1ccccc1Oc1cccc(CC(=O)O)c1N. The second kappa shape index (κ2) is 5.44. The van der Waals surface area contributed by atoms with E-state index in [1.54, 1.807) is 18.2 Å². The molecule has 2 aromatic rings. The van der Waals surface area contributed by atoms with Crippen molar-refractivity contribution in [3.63, 3.8) is 0 Å². The van der Waals surface area contributed by atoms with Crippen molar-refractivity contribution in [3.8, 4) is 11.5 Å². The fourth-order valence-electron chi connectivity index (χ4n) is 1.78. The first-order valence-electron chi connectivity index (χ1n) is 5.90. The summed E-state index contributed by atoms with van der Waals surface area (Å²) >= 11 is 0. The number of hydrogen-bond acceptors (Lipinski definition) is 3. The average molecular weight is 257 g/mol. The van der Waals surface area contributed by atoms with Gasteiger partial charge < -0.3 is 15.6 Å². The highest BCUT2D eigenvalue weighted by molar-refractivity contribution is 5.74. The first kappa shape index (κ1) is 13.0. The summed E-state index contributed by atoms with van der Waals surface area (Å²) in [6, 6.07) is 12.7. The molecule has 0 aliphatic carbocycles. The van der Waals surface area contributed by atoms with Crippen LogP contribution in [0.25, 0.3) is 0 Å². The van der Waals surface area contributed by atoms with Crippen molar-refractivity contribution in [1.29, 1.82) is 0 Å². The maximum Gasteiger partial charge on any atom is 0.307 e. The van der Waals surface area contributed by atoms with Crippen LogP contribution >= 0.6 is 0 Å². The van der Waals surface area contributed by atoms with Gasteiger partial charge in [0, 0.05) is 0 Å². The monoisotopic (exact) mass is 257 g/mol. The molecule has 0 aliphatic rings. The zero-order valence-electron chi connectivity index (χ0n) is 10.6. The van der Waals surface area contributed by atoms with Crippen molar-refractivity contribution in [2.45, 2.75) is 13.3 Å². The highest BCUT2D eigenvalue weighted by atomic mass is 16.5. The van der Waals surface area contributed by atoms with E-state index in [1.807, 2.05) is 31.2 Å². The number of nitrogen functional groups attached to an aromatic ring is 1. The molecule has 0 atom stereocenters. The number of nitrogens with two attached hydrogens (primary N) is 1. The van der Waals surface area contributed by atoms with Gasteiger partial charge in [-0.1, -0.05) is 30.3 Å². The summed E-state index contributed by atoms with van der Waals surface area (Å²) in [5, 5.41) is 8.82. The maximum absolute atomic E-state index is 10.7. The third-order valence-electron chi connectivity index (χ3n) is 2.81. The second-order valence-electron chi connectivity index (χ2n) is 4.27. The minimum atomic E-state index is -0.917. The van der Waals surface area contributed by atoms with Crippen molar-refractivity contribution in [2.24, 2.45) is 0 Å². The van der Waals surface area contributed by atoms with Gasteiger partial charge in [-0.2, -0.15) is 0 Å². The first-order valence-corrected chi connectivity index (χ1v) is 5.90. The van der Waals surface area contributed by atoms with E-state index in [4.69, 9.17) is 15.6 Å². The number of aryl methyl sites for hydroxylation is 1. The minimum absolute atomic E-state index is 0.114. The first-order chi connectivity index (χ1) is 9.08. The van der Waals surface area contributed by atoms with E-state index < -0.39 is 5.97 Å². The quantitative estimate of drug-likeness (QED) is 0.826. The van der Waals surface area contributed by atoms with E-state index in [2.05, 4.69) is 0 Å². The third-order valence-corrected chi connectivity index (χ3v) is 2.81. The summed E-state index contributed by atoms with van der Waals surface area (Å²) in [6.45, 7) is 1.94. The zero-order chi connectivity index (χ0) is 13.8. The second-order valence-corrected chi connectivity index (χ2v) is 4.27. The van der Waals surface area contributed by atoms with Crippen LogP contribution in [0.1, 0.15) is 11.1 Å². The number of hydrogen-bond donors (Lipinski definition) is 2. The number of rotatable bonds is 4. The maximum atomic E-state index is 10.7. The van der Waals surface area contributed by atoms with Gasteiger partial charge in [0.2, 0.25) is 0 Å². The molecule has 0 amide bonds. The van der Waals surface area contributed by atoms with Crippen molar-refractivity contribution in [3.05, 3.63) is 53.6 Å². The molecule has 4 heteroatoms. The van der Waals surface area contributed by atoms with Gasteiger partial charge in [0.1, 0.15) is 5.75 Å². The Balaban J connectivity index is 2.31. The smallest absolute Gasteiger partial charge is 0.307 e. The molecule has 3 N–H and O–H groups in total. The Bertz CT molecular complexity index is 608. The van der Waals surface area contributed by atoms with Crippen LogP contribution in [0, 0.1) is 6.92 Å². The number of ether oxygens (including phenoxy) is 1. The van der Waals surface area contributed by atoms with Gasteiger partial charge in [-0.05, 0) is 30.2 Å². The van der Waals surface area contributed by atoms with Crippen molar-refractivity contribution >= 4 is 11.7 Å². The summed E-state index contributed by atoms with van der Waals surface area (Å²) in [4.78, 5) is 10.7. The summed E-state index contributed by atoms with van der Waals surface area (Å²) < 4.78 is 5.74. The molecule has 2 aromatic carbocycles. The van der Waals surface area contributed by atoms with Gasteiger partial charge in [0.25, 0.3) is 0 Å². The molecular formula is C15H15NO3. The van der Waals surface area contributed by atoms with E-state index in [0.717, 1.165) is 5.56 Å². The van der Waals surface area contributed by atoms with Gasteiger partial charge in [0.15, 0.2) is 5.75 Å². The van der Waals surface area contributed by atoms with Crippen LogP contribution in [-0.2, 0) is 11.2 Å². The molecular weight excluding hydrogens is 242 g/mol. The average Bonchev–Trinajstić information content (AvgIpc) is 2.36. The Kier molecular flexibility index (Phi) is 3.71. The number of anilines is 1. The van der Waals surface area contributed by atoms with Crippen LogP contribution in [0.3, 0.4) is 0 Å². The van der Waals surface area contributed by atoms with Crippen molar-refractivity contribution in [1.82, 2.24) is 0 Å². The van der Waals surface area contributed by atoms with E-state index in [9.17, 15) is 4.79 Å². The molecule has 0 unspecified atom stereocenters. The van der Waals surface area contributed by atoms with Gasteiger partial charge >= 0.3 is 5.97 Å². The standard InChI is InChI=1S/C15H15NO3/c1-10-5-2-3-7-12(10)19-13-8-4-6-11(15(13)16)9-14(17)18/h2-8H,9,16H2,1H3,(H,17,18). The van der Waals surface area contributed by atoms with Crippen LogP contribution < -0.4 is 10.5 Å². The van der Waals surface area contributed by atoms with E-state index in [-0.39, 0.29) is 6.42 Å². The number of carboxylic acid groups (broad SMARTS) is 1. The van der Waals surface area contributed by atoms with Gasteiger partial charge in [-0.3, -0.25) is 4.79 Å². The lowest BCUT2D eigenvalue weighted by atomic mass is 10.1. The fraction of sp³-hybridized carbons (Fsp3) is 0.133. The molecule has 0 spiro atoms. The number of aliphatic carboxylic acids is 1. The lowest BCUT2D eigenvalue weighted by Gasteiger charge is -2.12. The summed E-state index contributed by atoms with van der Waals surface area (Å²) in [7, 11) is 0. The van der Waals surface area contributed by atoms with Crippen LogP contribution in [-0.4, -0.2) is 11.1 Å². The molecule has 19 heavy (non-hydrogen) atoms. The molecule has 0 radical (unpaired) electrons. The molecule has 0 aromatic heterocycles. The summed E-state index contributed by atoms with van der Waals surface area (Å²) in [5.41, 5.74) is 7.86. The number of carboxylic acids is 1.